The molecule has 0 heterocycles. The number of aryl methyl sites for hydroxylation is 1. The van der Waals surface area contributed by atoms with Crippen molar-refractivity contribution in [3.05, 3.63) is 33.8 Å². The molecule has 0 radical (unpaired) electrons. The molecule has 0 aromatic heterocycles. The van der Waals surface area contributed by atoms with Crippen LogP contribution in [0.1, 0.15) is 24.0 Å². The van der Waals surface area contributed by atoms with Gasteiger partial charge in [-0.3, -0.25) is 9.59 Å². The first-order valence-corrected chi connectivity index (χ1v) is 5.77. The number of aliphatic carboxylic acids is 1. The van der Waals surface area contributed by atoms with Crippen LogP contribution in [0.3, 0.4) is 0 Å². The lowest BCUT2D eigenvalue weighted by atomic mass is 9.63. The molecule has 1 saturated carbocycles. The van der Waals surface area contributed by atoms with Gasteiger partial charge in [0.05, 0.1) is 0 Å². The van der Waals surface area contributed by atoms with E-state index in [0.717, 1.165) is 10.0 Å². The number of Topliss-reactive ketones (excluding diaryl/α,β-unsaturated/α-hetero) is 1. The summed E-state index contributed by atoms with van der Waals surface area (Å²) >= 11 is 3.35. The number of hydrogen-bond donors (Lipinski definition) is 1. The van der Waals surface area contributed by atoms with Crippen LogP contribution in [-0.2, 0) is 15.0 Å². The number of carboxylic acids is 1. The van der Waals surface area contributed by atoms with E-state index in [0.29, 0.717) is 5.56 Å². The zero-order chi connectivity index (χ0) is 11.9. The molecule has 16 heavy (non-hydrogen) atoms. The highest BCUT2D eigenvalue weighted by molar-refractivity contribution is 9.10. The maximum Gasteiger partial charge on any atom is 0.315 e. The summed E-state index contributed by atoms with van der Waals surface area (Å²) < 4.78 is 0.757. The van der Waals surface area contributed by atoms with Crippen LogP contribution in [0.2, 0.25) is 0 Å². The summed E-state index contributed by atoms with van der Waals surface area (Å²) in [7, 11) is 0. The Labute approximate surface area is 102 Å². The van der Waals surface area contributed by atoms with Crippen molar-refractivity contribution in [1.82, 2.24) is 0 Å². The average Bonchev–Trinajstić information content (AvgIpc) is 2.16. The Morgan fingerprint density at radius 1 is 1.44 bits per heavy atom. The average molecular weight is 283 g/mol. The SMILES string of the molecule is Cc1ccc(Br)c(C2(C(=O)O)CC(=O)C2)c1. The molecule has 1 aromatic carbocycles. The summed E-state index contributed by atoms with van der Waals surface area (Å²) in [6, 6.07) is 5.58. The Kier molecular flexibility index (Phi) is 2.62. The molecular formula is C12H11BrO3. The minimum Gasteiger partial charge on any atom is -0.481 e. The Balaban J connectivity index is 2.52. The number of ketones is 1. The number of carbonyl (C=O) groups excluding carboxylic acids is 1. The van der Waals surface area contributed by atoms with Crippen molar-refractivity contribution in [3.8, 4) is 0 Å². The topological polar surface area (TPSA) is 54.4 Å². The van der Waals surface area contributed by atoms with Gasteiger partial charge in [0, 0.05) is 17.3 Å². The zero-order valence-electron chi connectivity index (χ0n) is 8.79. The van der Waals surface area contributed by atoms with E-state index in [2.05, 4.69) is 15.9 Å². The second kappa shape index (κ2) is 3.70. The fourth-order valence-electron chi connectivity index (χ4n) is 2.08. The summed E-state index contributed by atoms with van der Waals surface area (Å²) in [6.45, 7) is 1.91. The van der Waals surface area contributed by atoms with Gasteiger partial charge in [0.15, 0.2) is 0 Å². The largest absolute Gasteiger partial charge is 0.481 e. The lowest BCUT2D eigenvalue weighted by Crippen LogP contribution is -2.48. The molecule has 0 bridgehead atoms. The van der Waals surface area contributed by atoms with Gasteiger partial charge in [0.1, 0.15) is 11.2 Å². The highest BCUT2D eigenvalue weighted by Crippen LogP contribution is 2.44. The maximum absolute atomic E-state index is 11.3. The summed E-state index contributed by atoms with van der Waals surface area (Å²) in [5.41, 5.74) is 0.694. The molecule has 1 N–H and O–H groups in total. The van der Waals surface area contributed by atoms with Gasteiger partial charge in [-0.2, -0.15) is 0 Å². The summed E-state index contributed by atoms with van der Waals surface area (Å²) in [4.78, 5) is 22.5. The van der Waals surface area contributed by atoms with E-state index >= 15 is 0 Å². The summed E-state index contributed by atoms with van der Waals surface area (Å²) in [5, 5.41) is 9.30. The predicted octanol–water partition coefficient (Wildman–Crippen LogP) is 2.44. The Bertz CT molecular complexity index is 471. The molecule has 0 saturated heterocycles. The summed E-state index contributed by atoms with van der Waals surface area (Å²) in [6.07, 6.45) is 0.203. The van der Waals surface area contributed by atoms with Gasteiger partial charge in [-0.15, -0.1) is 0 Å². The monoisotopic (exact) mass is 282 g/mol. The second-order valence-corrected chi connectivity index (χ2v) is 5.12. The van der Waals surface area contributed by atoms with Crippen molar-refractivity contribution in [2.24, 2.45) is 0 Å². The molecule has 1 aromatic rings. The third-order valence-electron chi connectivity index (χ3n) is 3.04. The maximum atomic E-state index is 11.3. The van der Waals surface area contributed by atoms with Crippen molar-refractivity contribution in [2.75, 3.05) is 0 Å². The van der Waals surface area contributed by atoms with Gasteiger partial charge < -0.3 is 5.11 Å². The number of benzene rings is 1. The van der Waals surface area contributed by atoms with Crippen LogP contribution in [0, 0.1) is 6.92 Å². The molecule has 2 rings (SSSR count). The molecule has 0 aliphatic heterocycles. The predicted molar refractivity (Wildman–Crippen MR) is 62.4 cm³/mol. The van der Waals surface area contributed by atoms with Crippen molar-refractivity contribution >= 4 is 27.7 Å². The lowest BCUT2D eigenvalue weighted by molar-refractivity contribution is -0.153. The Hall–Kier alpha value is -1.16. The third-order valence-corrected chi connectivity index (χ3v) is 3.74. The van der Waals surface area contributed by atoms with Gasteiger partial charge in [-0.05, 0) is 18.6 Å². The fourth-order valence-corrected chi connectivity index (χ4v) is 2.71. The van der Waals surface area contributed by atoms with Crippen LogP contribution in [0.4, 0.5) is 0 Å². The summed E-state index contributed by atoms with van der Waals surface area (Å²) in [5.74, 6) is -0.908. The lowest BCUT2D eigenvalue weighted by Gasteiger charge is -2.37. The van der Waals surface area contributed by atoms with E-state index < -0.39 is 11.4 Å². The first kappa shape index (κ1) is 11.3. The third kappa shape index (κ3) is 1.57. The second-order valence-electron chi connectivity index (χ2n) is 4.26. The molecule has 84 valence electrons. The van der Waals surface area contributed by atoms with Crippen molar-refractivity contribution in [2.45, 2.75) is 25.2 Å². The number of rotatable bonds is 2. The number of halogens is 1. The van der Waals surface area contributed by atoms with Crippen LogP contribution >= 0.6 is 15.9 Å². The van der Waals surface area contributed by atoms with E-state index in [1.807, 2.05) is 25.1 Å². The van der Waals surface area contributed by atoms with Crippen LogP contribution in [0.15, 0.2) is 22.7 Å². The van der Waals surface area contributed by atoms with Gasteiger partial charge in [0.2, 0.25) is 0 Å². The van der Waals surface area contributed by atoms with E-state index in [-0.39, 0.29) is 18.6 Å². The molecule has 0 unspecified atom stereocenters. The van der Waals surface area contributed by atoms with E-state index in [1.165, 1.54) is 0 Å². The quantitative estimate of drug-likeness (QED) is 0.907. The highest BCUT2D eigenvalue weighted by Gasteiger charge is 2.52. The van der Waals surface area contributed by atoms with E-state index in [4.69, 9.17) is 0 Å². The molecule has 4 heteroatoms. The Morgan fingerprint density at radius 3 is 2.56 bits per heavy atom. The van der Waals surface area contributed by atoms with Crippen LogP contribution in [0.25, 0.3) is 0 Å². The van der Waals surface area contributed by atoms with Gasteiger partial charge >= 0.3 is 5.97 Å². The van der Waals surface area contributed by atoms with Crippen LogP contribution in [0.5, 0.6) is 0 Å². The van der Waals surface area contributed by atoms with Crippen molar-refractivity contribution < 1.29 is 14.7 Å². The standard InChI is InChI=1S/C12H11BrO3/c1-7-2-3-10(13)9(4-7)12(11(15)16)5-8(14)6-12/h2-4H,5-6H2,1H3,(H,15,16). The normalized spacial score (nSPS) is 18.0. The fraction of sp³-hybridized carbons (Fsp3) is 0.333. The van der Waals surface area contributed by atoms with Crippen LogP contribution < -0.4 is 0 Å². The first-order chi connectivity index (χ1) is 7.45. The minimum absolute atomic E-state index is 0.0100. The molecule has 1 aliphatic rings. The number of carbonyl (C=O) groups is 2. The van der Waals surface area contributed by atoms with E-state index in [1.54, 1.807) is 0 Å². The van der Waals surface area contributed by atoms with Gasteiger partial charge in [-0.25, -0.2) is 0 Å². The molecule has 0 amide bonds. The molecule has 0 atom stereocenters. The van der Waals surface area contributed by atoms with Crippen molar-refractivity contribution in [3.63, 3.8) is 0 Å². The minimum atomic E-state index is -1.01. The first-order valence-electron chi connectivity index (χ1n) is 4.97. The molecule has 1 aliphatic carbocycles. The van der Waals surface area contributed by atoms with Crippen molar-refractivity contribution in [1.29, 1.82) is 0 Å². The van der Waals surface area contributed by atoms with Crippen LogP contribution in [-0.4, -0.2) is 16.9 Å². The molecule has 1 fully saturated rings. The smallest absolute Gasteiger partial charge is 0.315 e. The molecular weight excluding hydrogens is 272 g/mol. The van der Waals surface area contributed by atoms with E-state index in [9.17, 15) is 14.7 Å². The van der Waals surface area contributed by atoms with Gasteiger partial charge in [-0.1, -0.05) is 33.6 Å². The highest BCUT2D eigenvalue weighted by atomic mass is 79.9. The van der Waals surface area contributed by atoms with Gasteiger partial charge in [0.25, 0.3) is 0 Å². The zero-order valence-corrected chi connectivity index (χ0v) is 10.4. The molecule has 3 nitrogen and oxygen atoms in total. The Morgan fingerprint density at radius 2 is 2.06 bits per heavy atom. The number of carboxylic acid groups (broad SMARTS) is 1. The molecule has 0 spiro atoms. The number of hydrogen-bond acceptors (Lipinski definition) is 2.